The summed E-state index contributed by atoms with van der Waals surface area (Å²) in [6.07, 6.45) is -1.15. The quantitative estimate of drug-likeness (QED) is 0.361. The maximum Gasteiger partial charge on any atom is 0.256 e. The van der Waals surface area contributed by atoms with Crippen LogP contribution in [0.25, 0.3) is 0 Å². The largest absolute Gasteiger partial charge is 0.496 e. The summed E-state index contributed by atoms with van der Waals surface area (Å²) in [6, 6.07) is 12.1. The molecule has 0 radical (unpaired) electrons. The molecule has 0 aliphatic heterocycles. The van der Waals surface area contributed by atoms with Crippen LogP contribution in [0.5, 0.6) is 5.75 Å². The van der Waals surface area contributed by atoms with Gasteiger partial charge in [0.1, 0.15) is 17.7 Å². The van der Waals surface area contributed by atoms with Crippen LogP contribution in [0.3, 0.4) is 0 Å². The molecule has 0 aliphatic carbocycles. The van der Waals surface area contributed by atoms with Gasteiger partial charge in [0, 0.05) is 5.69 Å². The fraction of sp³-hybridized carbons (Fsp3) is 0.176. The van der Waals surface area contributed by atoms with Crippen molar-refractivity contribution in [1.82, 2.24) is 10.6 Å². The van der Waals surface area contributed by atoms with Gasteiger partial charge in [-0.05, 0) is 48.6 Å². The van der Waals surface area contributed by atoms with Gasteiger partial charge in [-0.3, -0.25) is 4.79 Å². The summed E-state index contributed by atoms with van der Waals surface area (Å²) in [5.41, 5.74) is 0.784. The molecule has 0 spiro atoms. The third-order valence-corrected chi connectivity index (χ3v) is 4.21. The molecular weight excluding hydrogens is 436 g/mol. The maximum atomic E-state index is 13.0. The second-order valence-corrected chi connectivity index (χ2v) is 8.03. The highest BCUT2D eigenvalue weighted by Gasteiger charge is 2.35. The first-order valence-electron chi connectivity index (χ1n) is 7.54. The number of amides is 1. The van der Waals surface area contributed by atoms with E-state index in [9.17, 15) is 9.18 Å². The van der Waals surface area contributed by atoms with E-state index < -0.39 is 15.9 Å². The molecule has 1 atom stereocenters. The predicted octanol–water partition coefficient (Wildman–Crippen LogP) is 4.25. The molecule has 0 bridgehead atoms. The zero-order valence-electron chi connectivity index (χ0n) is 13.9. The van der Waals surface area contributed by atoms with Crippen LogP contribution in [0, 0.1) is 5.82 Å². The number of rotatable bonds is 5. The molecule has 0 saturated heterocycles. The zero-order chi connectivity index (χ0) is 20.0. The number of methoxy groups -OCH3 is 1. The summed E-state index contributed by atoms with van der Waals surface area (Å²) >= 11 is 23.0. The topological polar surface area (TPSA) is 62.4 Å². The Morgan fingerprint density at radius 2 is 1.74 bits per heavy atom. The number of ether oxygens (including phenoxy) is 1. The predicted molar refractivity (Wildman–Crippen MR) is 110 cm³/mol. The number of thiocarbonyl (C=S) groups is 1. The highest BCUT2D eigenvalue weighted by molar-refractivity contribution is 7.80. The van der Waals surface area contributed by atoms with Crippen LogP contribution >= 0.6 is 47.0 Å². The van der Waals surface area contributed by atoms with Gasteiger partial charge in [0.15, 0.2) is 5.11 Å². The van der Waals surface area contributed by atoms with Crippen molar-refractivity contribution in [3.05, 3.63) is 59.9 Å². The Morgan fingerprint density at radius 3 is 2.33 bits per heavy atom. The molecule has 1 amide bonds. The summed E-state index contributed by atoms with van der Waals surface area (Å²) in [5.74, 6) is -0.548. The molecule has 3 N–H and O–H groups in total. The van der Waals surface area contributed by atoms with Gasteiger partial charge in [0.25, 0.3) is 5.91 Å². The minimum absolute atomic E-state index is 0.0678. The molecule has 5 nitrogen and oxygen atoms in total. The SMILES string of the molecule is COc1ccccc1C(=O)NC(NC(=S)Nc1ccc(F)cc1)C(Cl)(Cl)Cl. The fourth-order valence-electron chi connectivity index (χ4n) is 2.07. The van der Waals surface area contributed by atoms with Gasteiger partial charge >= 0.3 is 0 Å². The van der Waals surface area contributed by atoms with E-state index in [1.54, 1.807) is 24.3 Å². The summed E-state index contributed by atoms with van der Waals surface area (Å²) in [7, 11) is 1.44. The number of hydrogen-bond acceptors (Lipinski definition) is 3. The highest BCUT2D eigenvalue weighted by Crippen LogP contribution is 2.30. The van der Waals surface area contributed by atoms with Crippen LogP contribution in [-0.4, -0.2) is 28.1 Å². The van der Waals surface area contributed by atoms with Crippen LogP contribution in [-0.2, 0) is 0 Å². The smallest absolute Gasteiger partial charge is 0.256 e. The van der Waals surface area contributed by atoms with Crippen LogP contribution in [0.1, 0.15) is 10.4 Å². The van der Waals surface area contributed by atoms with E-state index in [1.807, 2.05) is 0 Å². The van der Waals surface area contributed by atoms with E-state index in [2.05, 4.69) is 16.0 Å². The number of anilines is 1. The van der Waals surface area contributed by atoms with E-state index in [-0.39, 0.29) is 16.5 Å². The molecule has 0 aliphatic rings. The number of para-hydroxylation sites is 1. The van der Waals surface area contributed by atoms with Gasteiger partial charge in [0.05, 0.1) is 12.7 Å². The third kappa shape index (κ3) is 6.39. The van der Waals surface area contributed by atoms with Crippen molar-refractivity contribution < 1.29 is 13.9 Å². The molecule has 10 heteroatoms. The van der Waals surface area contributed by atoms with Crippen molar-refractivity contribution in [2.75, 3.05) is 12.4 Å². The van der Waals surface area contributed by atoms with Crippen molar-refractivity contribution >= 4 is 63.7 Å². The Hall–Kier alpha value is -1.80. The van der Waals surface area contributed by atoms with Crippen LogP contribution in [0.4, 0.5) is 10.1 Å². The lowest BCUT2D eigenvalue weighted by atomic mass is 10.2. The Labute approximate surface area is 176 Å². The zero-order valence-corrected chi connectivity index (χ0v) is 17.0. The molecule has 1 unspecified atom stereocenters. The van der Waals surface area contributed by atoms with Gasteiger partial charge in [-0.1, -0.05) is 46.9 Å². The first kappa shape index (κ1) is 21.5. The van der Waals surface area contributed by atoms with E-state index in [0.29, 0.717) is 11.4 Å². The van der Waals surface area contributed by atoms with Gasteiger partial charge < -0.3 is 20.7 Å². The normalized spacial score (nSPS) is 12.0. The third-order valence-electron chi connectivity index (χ3n) is 3.33. The standard InChI is InChI=1S/C17H15Cl3FN3O2S/c1-26-13-5-3-2-4-12(13)14(25)23-15(17(18,19)20)24-16(27)22-11-8-6-10(21)7-9-11/h2-9,15H,1H3,(H,23,25)(H2,22,24,27). The van der Waals surface area contributed by atoms with E-state index in [0.717, 1.165) is 0 Å². The molecule has 0 heterocycles. The number of alkyl halides is 3. The van der Waals surface area contributed by atoms with Crippen LogP contribution in [0.2, 0.25) is 0 Å². The summed E-state index contributed by atoms with van der Waals surface area (Å²) in [4.78, 5) is 12.5. The Kier molecular flexibility index (Phi) is 7.49. The number of carbonyl (C=O) groups is 1. The Bertz CT molecular complexity index is 816. The molecule has 0 saturated carbocycles. The lowest BCUT2D eigenvalue weighted by Crippen LogP contribution is -2.56. The number of halogens is 4. The van der Waals surface area contributed by atoms with Gasteiger partial charge in [-0.2, -0.15) is 0 Å². The number of nitrogens with one attached hydrogen (secondary N) is 3. The number of carbonyl (C=O) groups excluding carboxylic acids is 1. The van der Waals surface area contributed by atoms with Gasteiger partial charge in [-0.15, -0.1) is 0 Å². The van der Waals surface area contributed by atoms with E-state index in [4.69, 9.17) is 51.8 Å². The average Bonchev–Trinajstić information content (AvgIpc) is 2.62. The number of benzene rings is 2. The minimum Gasteiger partial charge on any atom is -0.496 e. The molecule has 144 valence electrons. The average molecular weight is 451 g/mol. The summed E-state index contributed by atoms with van der Waals surface area (Å²) < 4.78 is 16.2. The molecule has 0 fully saturated rings. The fourth-order valence-corrected chi connectivity index (χ4v) is 2.64. The van der Waals surface area contributed by atoms with Crippen molar-refractivity contribution in [1.29, 1.82) is 0 Å². The molecule has 27 heavy (non-hydrogen) atoms. The maximum absolute atomic E-state index is 13.0. The highest BCUT2D eigenvalue weighted by atomic mass is 35.6. The van der Waals surface area contributed by atoms with Crippen LogP contribution in [0.15, 0.2) is 48.5 Å². The van der Waals surface area contributed by atoms with Crippen molar-refractivity contribution in [3.63, 3.8) is 0 Å². The number of hydrogen-bond donors (Lipinski definition) is 3. The van der Waals surface area contributed by atoms with E-state index >= 15 is 0 Å². The second kappa shape index (κ2) is 9.41. The Balaban J connectivity index is 2.10. The summed E-state index contributed by atoms with van der Waals surface area (Å²) in [6.45, 7) is 0. The first-order chi connectivity index (χ1) is 12.7. The monoisotopic (exact) mass is 449 g/mol. The lowest BCUT2D eigenvalue weighted by molar-refractivity contribution is 0.0931. The lowest BCUT2D eigenvalue weighted by Gasteiger charge is -2.28. The van der Waals surface area contributed by atoms with Crippen molar-refractivity contribution in [2.45, 2.75) is 9.96 Å². The Morgan fingerprint density at radius 1 is 1.11 bits per heavy atom. The van der Waals surface area contributed by atoms with Crippen molar-refractivity contribution in [3.8, 4) is 5.75 Å². The van der Waals surface area contributed by atoms with E-state index in [1.165, 1.54) is 31.4 Å². The molecule has 0 aromatic heterocycles. The molecule has 2 rings (SSSR count). The minimum atomic E-state index is -1.91. The second-order valence-electron chi connectivity index (χ2n) is 5.25. The van der Waals surface area contributed by atoms with Gasteiger partial charge in [0.2, 0.25) is 3.79 Å². The molecule has 2 aromatic rings. The van der Waals surface area contributed by atoms with Crippen molar-refractivity contribution in [2.24, 2.45) is 0 Å². The van der Waals surface area contributed by atoms with Gasteiger partial charge in [-0.25, -0.2) is 4.39 Å². The summed E-state index contributed by atoms with van der Waals surface area (Å²) in [5, 5.41) is 8.15. The first-order valence-corrected chi connectivity index (χ1v) is 9.08. The molecule has 2 aromatic carbocycles. The van der Waals surface area contributed by atoms with Crippen LogP contribution < -0.4 is 20.7 Å². The molecular formula is C17H15Cl3FN3O2S.